The van der Waals surface area contributed by atoms with E-state index >= 15 is 0 Å². The maximum Gasteiger partial charge on any atom is 0.324 e. The fourth-order valence-electron chi connectivity index (χ4n) is 1.07. The van der Waals surface area contributed by atoms with E-state index < -0.39 is 4.92 Å². The van der Waals surface area contributed by atoms with Gasteiger partial charge in [0.1, 0.15) is 4.32 Å². The summed E-state index contributed by atoms with van der Waals surface area (Å²) in [4.78, 5) is 22.4. The Morgan fingerprint density at radius 3 is 2.75 bits per heavy atom. The number of thiophene rings is 1. The monoisotopic (exact) mass is 272 g/mol. The van der Waals surface area contributed by atoms with Gasteiger partial charge in [-0.3, -0.25) is 14.9 Å². The first-order chi connectivity index (χ1) is 7.56. The van der Waals surface area contributed by atoms with Gasteiger partial charge in [0.25, 0.3) is 5.91 Å². The fourth-order valence-corrected chi connectivity index (χ4v) is 2.94. The third-order valence-electron chi connectivity index (χ3n) is 1.71. The molecule has 0 aliphatic carbocycles. The summed E-state index contributed by atoms with van der Waals surface area (Å²) >= 11 is 7.00. The zero-order valence-electron chi connectivity index (χ0n) is 7.63. The predicted octanol–water partition coefficient (Wildman–Crippen LogP) is 2.15. The van der Waals surface area contributed by atoms with Crippen molar-refractivity contribution in [3.8, 4) is 0 Å². The van der Waals surface area contributed by atoms with Gasteiger partial charge in [-0.2, -0.15) is 0 Å². The van der Waals surface area contributed by atoms with Crippen LogP contribution >= 0.6 is 35.3 Å². The maximum atomic E-state index is 11.3. The molecule has 1 N–H and O–H groups in total. The first-order valence-electron chi connectivity index (χ1n) is 4.05. The van der Waals surface area contributed by atoms with Crippen LogP contribution < -0.4 is 5.32 Å². The molecule has 16 heavy (non-hydrogen) atoms. The molecule has 8 heteroatoms. The standard InChI is InChI=1S/C8H4N2O3S3/c11-7-5(16-8(14)9-7)3-4-1-2-6(15-4)10(12)13/h1-3H,(H,9,11,14). The number of nitrogens with one attached hydrogen (secondary N) is 1. The van der Waals surface area contributed by atoms with Crippen LogP contribution in [0.25, 0.3) is 6.08 Å². The lowest BCUT2D eigenvalue weighted by Gasteiger charge is -1.88. The normalized spacial score (nSPS) is 17.9. The van der Waals surface area contributed by atoms with Crippen LogP contribution in [0.1, 0.15) is 4.88 Å². The molecule has 1 aliphatic heterocycles. The molecule has 5 nitrogen and oxygen atoms in total. The molecule has 2 heterocycles. The molecule has 1 aliphatic rings. The molecule has 0 saturated carbocycles. The van der Waals surface area contributed by atoms with E-state index in [0.29, 0.717) is 14.1 Å². The van der Waals surface area contributed by atoms with Crippen molar-refractivity contribution >= 4 is 56.6 Å². The Morgan fingerprint density at radius 2 is 2.25 bits per heavy atom. The van der Waals surface area contributed by atoms with Gasteiger partial charge in [-0.05, 0) is 12.1 Å². The van der Waals surface area contributed by atoms with Gasteiger partial charge in [-0.25, -0.2) is 0 Å². The number of nitrogens with zero attached hydrogens (tertiary/aromatic N) is 1. The van der Waals surface area contributed by atoms with Crippen molar-refractivity contribution in [3.63, 3.8) is 0 Å². The van der Waals surface area contributed by atoms with E-state index in [-0.39, 0.29) is 10.9 Å². The molecular weight excluding hydrogens is 268 g/mol. The van der Waals surface area contributed by atoms with Crippen molar-refractivity contribution in [2.24, 2.45) is 0 Å². The first-order valence-corrected chi connectivity index (χ1v) is 6.09. The van der Waals surface area contributed by atoms with E-state index in [1.807, 2.05) is 0 Å². The summed E-state index contributed by atoms with van der Waals surface area (Å²) in [5.74, 6) is -0.258. The Hall–Kier alpha value is -1.25. The van der Waals surface area contributed by atoms with Gasteiger partial charge in [0.2, 0.25) is 0 Å². The smallest absolute Gasteiger partial charge is 0.307 e. The molecule has 0 unspecified atom stereocenters. The molecule has 82 valence electrons. The van der Waals surface area contributed by atoms with Crippen molar-refractivity contribution in [1.29, 1.82) is 0 Å². The Labute approximate surface area is 104 Å². The summed E-state index contributed by atoms with van der Waals surface area (Å²) in [7, 11) is 0. The molecule has 1 fully saturated rings. The molecule has 1 aromatic rings. The highest BCUT2D eigenvalue weighted by Crippen LogP contribution is 2.30. The summed E-state index contributed by atoms with van der Waals surface area (Å²) in [6.07, 6.45) is 1.59. The van der Waals surface area contributed by atoms with E-state index in [4.69, 9.17) is 12.2 Å². The predicted molar refractivity (Wildman–Crippen MR) is 67.3 cm³/mol. The average molecular weight is 272 g/mol. The van der Waals surface area contributed by atoms with Crippen molar-refractivity contribution in [2.45, 2.75) is 0 Å². The van der Waals surface area contributed by atoms with E-state index in [0.717, 1.165) is 23.1 Å². The highest BCUT2D eigenvalue weighted by atomic mass is 32.2. The van der Waals surface area contributed by atoms with Crippen LogP contribution in [0.2, 0.25) is 0 Å². The largest absolute Gasteiger partial charge is 0.324 e. The molecule has 0 radical (unpaired) electrons. The van der Waals surface area contributed by atoms with Crippen LogP contribution in [0.15, 0.2) is 17.0 Å². The zero-order chi connectivity index (χ0) is 11.7. The molecule has 0 spiro atoms. The van der Waals surface area contributed by atoms with Gasteiger partial charge in [0.05, 0.1) is 9.83 Å². The molecule has 1 aromatic heterocycles. The van der Waals surface area contributed by atoms with Crippen LogP contribution in [-0.4, -0.2) is 15.2 Å². The van der Waals surface area contributed by atoms with Crippen molar-refractivity contribution in [3.05, 3.63) is 32.0 Å². The number of amides is 1. The Kier molecular flexibility index (Phi) is 3.03. The lowest BCUT2D eigenvalue weighted by atomic mass is 10.4. The number of thioether (sulfide) groups is 1. The molecule has 1 saturated heterocycles. The molecular formula is C8H4N2O3S3. The third-order valence-corrected chi connectivity index (χ3v) is 3.85. The SMILES string of the molecule is O=C1NC(=S)SC1=Cc1ccc([N+](=O)[O-])s1. The number of rotatable bonds is 2. The van der Waals surface area contributed by atoms with Gasteiger partial charge in [0, 0.05) is 10.9 Å². The van der Waals surface area contributed by atoms with Crippen molar-refractivity contribution < 1.29 is 9.72 Å². The van der Waals surface area contributed by atoms with Gasteiger partial charge >= 0.3 is 5.00 Å². The summed E-state index contributed by atoms with van der Waals surface area (Å²) in [5.41, 5.74) is 0. The van der Waals surface area contributed by atoms with Gasteiger partial charge < -0.3 is 5.32 Å². The average Bonchev–Trinajstić information content (AvgIpc) is 2.75. The third kappa shape index (κ3) is 2.29. The summed E-state index contributed by atoms with van der Waals surface area (Å²) in [5, 5.41) is 13.0. The lowest BCUT2D eigenvalue weighted by Crippen LogP contribution is -2.17. The van der Waals surface area contributed by atoms with Gasteiger partial charge in [0.15, 0.2) is 0 Å². The van der Waals surface area contributed by atoms with Crippen LogP contribution in [0.4, 0.5) is 5.00 Å². The Balaban J connectivity index is 2.26. The molecule has 0 aromatic carbocycles. The highest BCUT2D eigenvalue weighted by Gasteiger charge is 2.22. The second kappa shape index (κ2) is 4.32. The van der Waals surface area contributed by atoms with Gasteiger partial charge in [-0.15, -0.1) is 0 Å². The Bertz CT molecular complexity index is 520. The number of carbonyl (C=O) groups is 1. The second-order valence-corrected chi connectivity index (χ2v) is 5.60. The van der Waals surface area contributed by atoms with Crippen LogP contribution in [0.3, 0.4) is 0 Å². The van der Waals surface area contributed by atoms with E-state index in [1.165, 1.54) is 6.07 Å². The number of nitro groups is 1. The van der Waals surface area contributed by atoms with Crippen LogP contribution in [-0.2, 0) is 4.79 Å². The fraction of sp³-hybridized carbons (Fsp3) is 0. The van der Waals surface area contributed by atoms with Crippen molar-refractivity contribution in [1.82, 2.24) is 5.32 Å². The lowest BCUT2D eigenvalue weighted by molar-refractivity contribution is -0.380. The molecule has 1 amide bonds. The second-order valence-electron chi connectivity index (χ2n) is 2.79. The zero-order valence-corrected chi connectivity index (χ0v) is 10.1. The number of hydrogen-bond donors (Lipinski definition) is 1. The van der Waals surface area contributed by atoms with Gasteiger partial charge in [-0.1, -0.05) is 35.3 Å². The maximum absolute atomic E-state index is 11.3. The van der Waals surface area contributed by atoms with E-state index in [9.17, 15) is 14.9 Å². The molecule has 0 atom stereocenters. The number of thiocarbonyl (C=S) groups is 1. The minimum absolute atomic E-state index is 0.0535. The summed E-state index contributed by atoms with van der Waals surface area (Å²) in [6, 6.07) is 3.01. The summed E-state index contributed by atoms with van der Waals surface area (Å²) < 4.78 is 0.405. The van der Waals surface area contributed by atoms with Crippen molar-refractivity contribution in [2.75, 3.05) is 0 Å². The van der Waals surface area contributed by atoms with E-state index in [1.54, 1.807) is 12.1 Å². The van der Waals surface area contributed by atoms with Crippen LogP contribution in [0, 0.1) is 10.1 Å². The van der Waals surface area contributed by atoms with E-state index in [2.05, 4.69) is 5.32 Å². The van der Waals surface area contributed by atoms with Crippen LogP contribution in [0.5, 0.6) is 0 Å². The first kappa shape index (κ1) is 11.2. The Morgan fingerprint density at radius 1 is 1.50 bits per heavy atom. The number of carbonyl (C=O) groups excluding carboxylic acids is 1. The minimum Gasteiger partial charge on any atom is -0.307 e. The quantitative estimate of drug-likeness (QED) is 0.386. The highest BCUT2D eigenvalue weighted by molar-refractivity contribution is 8.26. The summed E-state index contributed by atoms with van der Waals surface area (Å²) in [6.45, 7) is 0. The topological polar surface area (TPSA) is 72.2 Å². The number of hydrogen-bond acceptors (Lipinski definition) is 6. The molecule has 0 bridgehead atoms. The minimum atomic E-state index is -0.459. The molecule has 2 rings (SSSR count).